The Morgan fingerprint density at radius 1 is 0.551 bits per heavy atom. The lowest BCUT2D eigenvalue weighted by Crippen LogP contribution is -2.10. The van der Waals surface area contributed by atoms with Gasteiger partial charge in [-0.05, 0) is 159 Å². The number of rotatable bonds is 10. The molecule has 4 heteroatoms. The summed E-state index contributed by atoms with van der Waals surface area (Å²) in [6.07, 6.45) is 1.86. The van der Waals surface area contributed by atoms with E-state index in [-0.39, 0.29) is 11.0 Å². The maximum absolute atomic E-state index is 9.06. The predicted octanol–water partition coefficient (Wildman–Crippen LogP) is 17.4. The van der Waals surface area contributed by atoms with E-state index in [0.29, 0.717) is 22.8 Å². The Bertz CT molecular complexity index is 3660. The lowest BCUT2D eigenvalue weighted by atomic mass is 9.85. The van der Waals surface area contributed by atoms with Crippen LogP contribution in [0.1, 0.15) is 73.8 Å². The van der Waals surface area contributed by atoms with Crippen LogP contribution in [-0.4, -0.2) is 21.6 Å². The normalized spacial score (nSPS) is 12.9. The van der Waals surface area contributed by atoms with Gasteiger partial charge in [0, 0.05) is 28.4 Å². The van der Waals surface area contributed by atoms with E-state index in [4.69, 9.17) is 20.2 Å². The molecule has 2 aromatic heterocycles. The van der Waals surface area contributed by atoms with Crippen molar-refractivity contribution in [2.24, 2.45) is 0 Å². The van der Waals surface area contributed by atoms with E-state index >= 15 is 0 Å². The zero-order chi connectivity index (χ0) is 51.4. The van der Waals surface area contributed by atoms with Gasteiger partial charge in [-0.15, -0.1) is 0 Å². The summed E-state index contributed by atoms with van der Waals surface area (Å²) in [4.78, 5) is 10.6. The van der Waals surface area contributed by atoms with Crippen LogP contribution in [0.15, 0.2) is 188 Å². The Hall–Kier alpha value is -7.82. The van der Waals surface area contributed by atoms with Crippen LogP contribution in [0.3, 0.4) is 0 Å². The third kappa shape index (κ3) is 8.80. The Balaban J connectivity index is 1.27. The van der Waals surface area contributed by atoms with Crippen molar-refractivity contribution in [1.29, 1.82) is 0 Å². The molecule has 8 aromatic carbocycles. The Morgan fingerprint density at radius 3 is 1.88 bits per heavy atom. The van der Waals surface area contributed by atoms with Crippen molar-refractivity contribution in [3.8, 4) is 89.7 Å². The molecular formula is C65H59N3O. The molecular weight excluding hydrogens is 839 g/mol. The molecule has 0 N–H and O–H groups in total. The molecule has 0 spiro atoms. The first-order chi connectivity index (χ1) is 34.8. The Morgan fingerprint density at radius 2 is 1.20 bits per heavy atom. The van der Waals surface area contributed by atoms with E-state index in [1.807, 2.05) is 87.6 Å². The van der Waals surface area contributed by atoms with Crippen LogP contribution < -0.4 is 4.74 Å². The van der Waals surface area contributed by atoms with E-state index < -0.39 is 12.7 Å². The summed E-state index contributed by atoms with van der Waals surface area (Å²) in [5.41, 5.74) is 18.4. The second-order valence-electron chi connectivity index (χ2n) is 19.4. The number of ether oxygens (including phenoxy) is 1. The Labute approximate surface area is 413 Å². The maximum Gasteiger partial charge on any atom is 0.149 e. The van der Waals surface area contributed by atoms with E-state index in [9.17, 15) is 0 Å². The highest BCUT2D eigenvalue weighted by atomic mass is 16.5. The molecule has 0 amide bonds. The minimum absolute atomic E-state index is 0.0748. The van der Waals surface area contributed by atoms with Gasteiger partial charge in [-0.1, -0.05) is 162 Å². The highest BCUT2D eigenvalue weighted by Gasteiger charge is 2.25. The number of imidazole rings is 1. The number of aromatic nitrogens is 3. The molecule has 0 bridgehead atoms. The summed E-state index contributed by atoms with van der Waals surface area (Å²) < 4.78 is 44.1. The molecule has 69 heavy (non-hydrogen) atoms. The van der Waals surface area contributed by atoms with Gasteiger partial charge in [0.1, 0.15) is 11.6 Å². The third-order valence-corrected chi connectivity index (χ3v) is 13.3. The summed E-state index contributed by atoms with van der Waals surface area (Å²) in [6.45, 7) is 12.1. The van der Waals surface area contributed by atoms with E-state index in [2.05, 4.69) is 154 Å². The van der Waals surface area contributed by atoms with Crippen molar-refractivity contribution < 1.29 is 10.2 Å². The largest absolute Gasteiger partial charge is 0.496 e. The fraction of sp³-hybridized carbons (Fsp3) is 0.169. The number of hydrogen-bond donors (Lipinski definition) is 0. The molecule has 0 aliphatic rings. The second kappa shape index (κ2) is 18.3. The molecule has 340 valence electrons. The number of methoxy groups -OCH3 is 1. The topological polar surface area (TPSA) is 39.9 Å². The van der Waals surface area contributed by atoms with Gasteiger partial charge in [-0.3, -0.25) is 9.55 Å². The van der Waals surface area contributed by atoms with Crippen molar-refractivity contribution in [2.75, 3.05) is 7.11 Å². The van der Waals surface area contributed by atoms with Gasteiger partial charge in [0.05, 0.1) is 35.1 Å². The minimum Gasteiger partial charge on any atom is -0.496 e. The molecule has 0 saturated carbocycles. The summed E-state index contributed by atoms with van der Waals surface area (Å²) >= 11 is 0. The van der Waals surface area contributed by atoms with Gasteiger partial charge in [0.15, 0.2) is 0 Å². The summed E-state index contributed by atoms with van der Waals surface area (Å²) in [5.74, 6) is 0.611. The fourth-order valence-electron chi connectivity index (χ4n) is 9.65. The smallest absolute Gasteiger partial charge is 0.149 e. The lowest BCUT2D eigenvalue weighted by molar-refractivity contribution is 0.413. The van der Waals surface area contributed by atoms with Crippen molar-refractivity contribution in [2.45, 2.75) is 66.6 Å². The molecule has 0 aliphatic carbocycles. The van der Waals surface area contributed by atoms with Gasteiger partial charge >= 0.3 is 0 Å². The highest BCUT2D eigenvalue weighted by Crippen LogP contribution is 2.44. The average molecular weight is 902 g/mol. The van der Waals surface area contributed by atoms with E-state index in [1.165, 1.54) is 5.56 Å². The molecule has 0 atom stereocenters. The molecule has 0 unspecified atom stereocenters. The first kappa shape index (κ1) is 40.3. The summed E-state index contributed by atoms with van der Waals surface area (Å²) in [6, 6.07) is 62.2. The van der Waals surface area contributed by atoms with Crippen LogP contribution >= 0.6 is 0 Å². The molecule has 2 heterocycles. The Kier molecular flexibility index (Phi) is 10.7. The number of hydrogen-bond acceptors (Lipinski definition) is 3. The predicted molar refractivity (Wildman–Crippen MR) is 290 cm³/mol. The first-order valence-corrected chi connectivity index (χ1v) is 23.7. The monoisotopic (exact) mass is 901 g/mol. The number of nitrogens with zero attached hydrogens (tertiary/aromatic N) is 3. The van der Waals surface area contributed by atoms with Gasteiger partial charge in [0.2, 0.25) is 0 Å². The summed E-state index contributed by atoms with van der Waals surface area (Å²) in [7, 11) is 1.69. The standard InChI is InChI=1S/C65H59N3O/c1-41(2)45-23-25-47(26-24-45)50-31-32-66-59(39-50)53-37-51(46-17-12-10-13-18-46)36-52(38-53)55-21-16-22-60-62(55)67-64(58-34-42(3)33-44(5)63(58)69-9)68(60)61-35-43(4)56(48-19-14-11-15-20-48)40-57(61)49-27-29-54(30-28-49)65(6,7)8/h10-41H,1-9H3/i4D3,41D. The number of para-hydroxylation sites is 1. The van der Waals surface area contributed by atoms with Crippen molar-refractivity contribution in [1.82, 2.24) is 14.5 Å². The van der Waals surface area contributed by atoms with Gasteiger partial charge in [-0.25, -0.2) is 4.98 Å². The number of aryl methyl sites for hydroxylation is 3. The van der Waals surface area contributed by atoms with E-state index in [0.717, 1.165) is 94.6 Å². The van der Waals surface area contributed by atoms with Crippen LogP contribution in [0, 0.1) is 20.7 Å². The van der Waals surface area contributed by atoms with Crippen LogP contribution in [0.2, 0.25) is 0 Å². The van der Waals surface area contributed by atoms with Gasteiger partial charge < -0.3 is 4.74 Å². The zero-order valence-electron chi connectivity index (χ0n) is 44.6. The maximum atomic E-state index is 9.06. The second-order valence-corrected chi connectivity index (χ2v) is 19.4. The molecule has 10 rings (SSSR count). The van der Waals surface area contributed by atoms with Crippen molar-refractivity contribution in [3.05, 3.63) is 216 Å². The van der Waals surface area contributed by atoms with Crippen LogP contribution in [0.4, 0.5) is 0 Å². The molecule has 4 nitrogen and oxygen atoms in total. The number of pyridine rings is 1. The fourth-order valence-corrected chi connectivity index (χ4v) is 9.65. The minimum atomic E-state index is -2.46. The van der Waals surface area contributed by atoms with Crippen molar-refractivity contribution in [3.63, 3.8) is 0 Å². The van der Waals surface area contributed by atoms with Crippen LogP contribution in [0.5, 0.6) is 5.75 Å². The number of benzene rings is 8. The van der Waals surface area contributed by atoms with Crippen LogP contribution in [0.25, 0.3) is 95.0 Å². The first-order valence-electron chi connectivity index (χ1n) is 25.7. The molecule has 0 fully saturated rings. The molecule has 0 radical (unpaired) electrons. The van der Waals surface area contributed by atoms with Crippen LogP contribution in [-0.2, 0) is 5.41 Å². The SMILES string of the molecule is [2H]C([2H])([2H])c1cc(-n2c(-c3cc(C)cc(C)c3OC)nc3c(-c4cc(-c5ccccc5)cc(-c5cc(-c6ccc(C([2H])(C)C)cc6)ccn5)c4)cccc32)c(-c2ccc(C(C)(C)C)cc2)cc1-c1ccccc1. The molecule has 10 aromatic rings. The van der Waals surface area contributed by atoms with Crippen molar-refractivity contribution >= 4 is 11.0 Å². The zero-order valence-corrected chi connectivity index (χ0v) is 40.6. The summed E-state index contributed by atoms with van der Waals surface area (Å²) in [5, 5.41) is 0. The van der Waals surface area contributed by atoms with E-state index in [1.54, 1.807) is 7.11 Å². The molecule has 0 saturated heterocycles. The third-order valence-electron chi connectivity index (χ3n) is 13.3. The lowest BCUT2D eigenvalue weighted by Gasteiger charge is -2.22. The quantitative estimate of drug-likeness (QED) is 0.137. The average Bonchev–Trinajstić information content (AvgIpc) is 3.78. The van der Waals surface area contributed by atoms with Gasteiger partial charge in [-0.2, -0.15) is 0 Å². The van der Waals surface area contributed by atoms with Gasteiger partial charge in [0.25, 0.3) is 0 Å². The number of fused-ring (bicyclic) bond motifs is 1. The molecule has 0 aliphatic heterocycles. The highest BCUT2D eigenvalue weighted by molar-refractivity contribution is 5.99.